The van der Waals surface area contributed by atoms with E-state index in [1.54, 1.807) is 23.9 Å². The zero-order valence-electron chi connectivity index (χ0n) is 9.35. The first-order valence-corrected chi connectivity index (χ1v) is 6.35. The number of hydrogen-bond donors (Lipinski definition) is 1. The van der Waals surface area contributed by atoms with Crippen molar-refractivity contribution in [3.05, 3.63) is 48.0 Å². The summed E-state index contributed by atoms with van der Waals surface area (Å²) >= 11 is 1.54. The number of rotatable bonds is 4. The Kier molecular flexibility index (Phi) is 3.93. The van der Waals surface area contributed by atoms with Gasteiger partial charge < -0.3 is 5.32 Å². The summed E-state index contributed by atoms with van der Waals surface area (Å²) in [4.78, 5) is 8.14. The second kappa shape index (κ2) is 5.63. The molecule has 0 amide bonds. The number of halogens is 1. The Labute approximate surface area is 103 Å². The van der Waals surface area contributed by atoms with Crippen LogP contribution in [0.5, 0.6) is 0 Å². The van der Waals surface area contributed by atoms with E-state index in [0.29, 0.717) is 17.9 Å². The third-order valence-electron chi connectivity index (χ3n) is 2.27. The summed E-state index contributed by atoms with van der Waals surface area (Å²) in [5, 5.41) is 3.96. The van der Waals surface area contributed by atoms with Gasteiger partial charge in [-0.2, -0.15) is 0 Å². The van der Waals surface area contributed by atoms with Gasteiger partial charge in [-0.05, 0) is 12.3 Å². The summed E-state index contributed by atoms with van der Waals surface area (Å²) in [6, 6.07) is 8.53. The standard InChI is InChI=1S/C12H12FN3S/c1-17-12-6-11(15-8-16-12)14-7-9-4-2-3-5-10(9)13/h2-6,8H,7H2,1H3,(H,14,15,16). The number of hydrogen-bond acceptors (Lipinski definition) is 4. The number of benzene rings is 1. The summed E-state index contributed by atoms with van der Waals surface area (Å²) in [6.07, 6.45) is 3.44. The second-order valence-corrected chi connectivity index (χ2v) is 4.22. The molecule has 3 nitrogen and oxygen atoms in total. The highest BCUT2D eigenvalue weighted by Crippen LogP contribution is 2.15. The van der Waals surface area contributed by atoms with Gasteiger partial charge in [0.2, 0.25) is 0 Å². The van der Waals surface area contributed by atoms with Crippen molar-refractivity contribution in [2.75, 3.05) is 11.6 Å². The zero-order chi connectivity index (χ0) is 12.1. The molecule has 1 aromatic heterocycles. The van der Waals surface area contributed by atoms with Crippen LogP contribution in [-0.2, 0) is 6.54 Å². The fourth-order valence-electron chi connectivity index (χ4n) is 1.38. The predicted molar refractivity (Wildman–Crippen MR) is 67.5 cm³/mol. The summed E-state index contributed by atoms with van der Waals surface area (Å²) in [5.74, 6) is 0.492. The van der Waals surface area contributed by atoms with Crippen molar-refractivity contribution in [2.24, 2.45) is 0 Å². The lowest BCUT2D eigenvalue weighted by atomic mass is 10.2. The molecule has 2 aromatic rings. The van der Waals surface area contributed by atoms with Crippen LogP contribution < -0.4 is 5.32 Å². The Morgan fingerprint density at radius 3 is 2.88 bits per heavy atom. The Balaban J connectivity index is 2.05. The van der Waals surface area contributed by atoms with E-state index in [2.05, 4.69) is 15.3 Å². The topological polar surface area (TPSA) is 37.8 Å². The molecule has 5 heteroatoms. The molecule has 0 unspecified atom stereocenters. The van der Waals surface area contributed by atoms with Gasteiger partial charge in [-0.15, -0.1) is 11.8 Å². The average Bonchev–Trinajstić information content (AvgIpc) is 2.38. The lowest BCUT2D eigenvalue weighted by Crippen LogP contribution is -2.03. The predicted octanol–water partition coefficient (Wildman–Crippen LogP) is 2.95. The van der Waals surface area contributed by atoms with Gasteiger partial charge in [-0.3, -0.25) is 0 Å². The Hall–Kier alpha value is -1.62. The number of nitrogens with zero attached hydrogens (tertiary/aromatic N) is 2. The summed E-state index contributed by atoms with van der Waals surface area (Å²) in [5.41, 5.74) is 0.622. The molecule has 88 valence electrons. The third kappa shape index (κ3) is 3.17. The van der Waals surface area contributed by atoms with Crippen LogP contribution in [0.2, 0.25) is 0 Å². The van der Waals surface area contributed by atoms with Crippen LogP contribution in [-0.4, -0.2) is 16.2 Å². The molecule has 17 heavy (non-hydrogen) atoms. The normalized spacial score (nSPS) is 10.2. The molecule has 1 N–H and O–H groups in total. The minimum Gasteiger partial charge on any atom is -0.366 e. The number of aromatic nitrogens is 2. The monoisotopic (exact) mass is 249 g/mol. The van der Waals surface area contributed by atoms with E-state index < -0.39 is 0 Å². The van der Waals surface area contributed by atoms with Crippen molar-refractivity contribution >= 4 is 17.6 Å². The Morgan fingerprint density at radius 2 is 2.12 bits per heavy atom. The lowest BCUT2D eigenvalue weighted by molar-refractivity contribution is 0.613. The summed E-state index contributed by atoms with van der Waals surface area (Å²) < 4.78 is 13.4. The molecule has 0 aliphatic heterocycles. The minimum atomic E-state index is -0.209. The molecule has 0 spiro atoms. The van der Waals surface area contributed by atoms with Crippen LogP contribution in [0, 0.1) is 5.82 Å². The van der Waals surface area contributed by atoms with Gasteiger partial charge in [0.1, 0.15) is 23.0 Å². The smallest absolute Gasteiger partial charge is 0.130 e. The van der Waals surface area contributed by atoms with Crippen LogP contribution in [0.3, 0.4) is 0 Å². The molecule has 2 rings (SSSR count). The fraction of sp³-hybridized carbons (Fsp3) is 0.167. The number of anilines is 1. The number of nitrogens with one attached hydrogen (secondary N) is 1. The molecular formula is C12H12FN3S. The van der Waals surface area contributed by atoms with Crippen molar-refractivity contribution in [1.29, 1.82) is 0 Å². The highest BCUT2D eigenvalue weighted by molar-refractivity contribution is 7.98. The second-order valence-electron chi connectivity index (χ2n) is 3.39. The first kappa shape index (κ1) is 11.9. The highest BCUT2D eigenvalue weighted by atomic mass is 32.2. The van der Waals surface area contributed by atoms with Crippen molar-refractivity contribution in [3.8, 4) is 0 Å². The lowest BCUT2D eigenvalue weighted by Gasteiger charge is -2.06. The first-order chi connectivity index (χ1) is 8.29. The van der Waals surface area contributed by atoms with E-state index >= 15 is 0 Å². The molecule has 1 heterocycles. The molecule has 1 aromatic carbocycles. The van der Waals surface area contributed by atoms with Gasteiger partial charge >= 0.3 is 0 Å². The molecule has 0 radical (unpaired) electrons. The maximum absolute atomic E-state index is 13.4. The van der Waals surface area contributed by atoms with Gasteiger partial charge in [-0.25, -0.2) is 14.4 Å². The molecule has 0 fully saturated rings. The van der Waals surface area contributed by atoms with Crippen LogP contribution >= 0.6 is 11.8 Å². The number of thioether (sulfide) groups is 1. The van der Waals surface area contributed by atoms with E-state index in [1.807, 2.05) is 18.4 Å². The first-order valence-electron chi connectivity index (χ1n) is 5.13. The molecule has 0 aliphatic carbocycles. The Morgan fingerprint density at radius 1 is 1.29 bits per heavy atom. The van der Waals surface area contributed by atoms with Gasteiger partial charge in [0.15, 0.2) is 0 Å². The maximum Gasteiger partial charge on any atom is 0.130 e. The van der Waals surface area contributed by atoms with Crippen molar-refractivity contribution in [1.82, 2.24) is 9.97 Å². The van der Waals surface area contributed by atoms with Crippen molar-refractivity contribution in [2.45, 2.75) is 11.6 Å². The SMILES string of the molecule is CSc1cc(NCc2ccccc2F)ncn1. The van der Waals surface area contributed by atoms with E-state index in [9.17, 15) is 4.39 Å². The molecule has 0 saturated carbocycles. The summed E-state index contributed by atoms with van der Waals surface area (Å²) in [6.45, 7) is 0.414. The largest absolute Gasteiger partial charge is 0.366 e. The van der Waals surface area contributed by atoms with Crippen molar-refractivity contribution < 1.29 is 4.39 Å². The van der Waals surface area contributed by atoms with Crippen LogP contribution in [0.1, 0.15) is 5.56 Å². The maximum atomic E-state index is 13.4. The van der Waals surface area contributed by atoms with Gasteiger partial charge in [0.25, 0.3) is 0 Å². The van der Waals surface area contributed by atoms with Crippen LogP contribution in [0.4, 0.5) is 10.2 Å². The van der Waals surface area contributed by atoms with Gasteiger partial charge in [0.05, 0.1) is 0 Å². The average molecular weight is 249 g/mol. The third-order valence-corrected chi connectivity index (χ3v) is 2.91. The molecule has 0 atom stereocenters. The Bertz CT molecular complexity index is 505. The van der Waals surface area contributed by atoms with E-state index in [-0.39, 0.29) is 5.82 Å². The van der Waals surface area contributed by atoms with E-state index in [1.165, 1.54) is 12.4 Å². The minimum absolute atomic E-state index is 0.209. The highest BCUT2D eigenvalue weighted by Gasteiger charge is 2.01. The molecule has 0 bridgehead atoms. The fourth-order valence-corrected chi connectivity index (χ4v) is 1.76. The quantitative estimate of drug-likeness (QED) is 0.668. The zero-order valence-corrected chi connectivity index (χ0v) is 10.2. The van der Waals surface area contributed by atoms with Crippen LogP contribution in [0.15, 0.2) is 41.7 Å². The van der Waals surface area contributed by atoms with Crippen LogP contribution in [0.25, 0.3) is 0 Å². The molecule has 0 aliphatic rings. The van der Waals surface area contributed by atoms with E-state index in [4.69, 9.17) is 0 Å². The molecule has 0 saturated heterocycles. The van der Waals surface area contributed by atoms with Gasteiger partial charge in [0, 0.05) is 18.2 Å². The van der Waals surface area contributed by atoms with E-state index in [0.717, 1.165) is 5.03 Å². The van der Waals surface area contributed by atoms with Gasteiger partial charge in [-0.1, -0.05) is 18.2 Å². The molecular weight excluding hydrogens is 237 g/mol. The van der Waals surface area contributed by atoms with Crippen molar-refractivity contribution in [3.63, 3.8) is 0 Å². The summed E-state index contributed by atoms with van der Waals surface area (Å²) in [7, 11) is 0.